The summed E-state index contributed by atoms with van der Waals surface area (Å²) in [6.45, 7) is 3.78. The number of nitrogens with one attached hydrogen (secondary N) is 1. The highest BCUT2D eigenvalue weighted by atomic mass is 127. The van der Waals surface area contributed by atoms with Gasteiger partial charge in [0.05, 0.1) is 25.7 Å². The van der Waals surface area contributed by atoms with E-state index in [4.69, 9.17) is 9.47 Å². The molecule has 30 heavy (non-hydrogen) atoms. The molecule has 1 heterocycles. The lowest BCUT2D eigenvalue weighted by Gasteiger charge is -2.40. The first kappa shape index (κ1) is 21.2. The van der Waals surface area contributed by atoms with Gasteiger partial charge in [-0.25, -0.2) is 4.39 Å². The molecule has 1 aliphatic heterocycles. The molecule has 160 valence electrons. The Bertz CT molecular complexity index is 883. The molecule has 0 unspecified atom stereocenters. The van der Waals surface area contributed by atoms with Gasteiger partial charge in [-0.3, -0.25) is 4.79 Å². The molecule has 1 aliphatic carbocycles. The number of nitrogens with zero attached hydrogens (tertiary/aromatic N) is 1. The van der Waals surface area contributed by atoms with Gasteiger partial charge < -0.3 is 19.7 Å². The van der Waals surface area contributed by atoms with Crippen molar-refractivity contribution >= 4 is 34.2 Å². The number of anilines is 1. The first-order valence-electron chi connectivity index (χ1n) is 10.4. The summed E-state index contributed by atoms with van der Waals surface area (Å²) < 4.78 is 26.1. The van der Waals surface area contributed by atoms with Crippen molar-refractivity contribution in [2.45, 2.75) is 31.9 Å². The number of rotatable bonds is 9. The summed E-state index contributed by atoms with van der Waals surface area (Å²) in [5.74, 6) is 0.755. The quantitative estimate of drug-likeness (QED) is 0.388. The van der Waals surface area contributed by atoms with Crippen LogP contribution in [0.15, 0.2) is 42.5 Å². The number of carbonyl (C=O) groups is 1. The van der Waals surface area contributed by atoms with Gasteiger partial charge in [0.15, 0.2) is 11.6 Å². The Balaban J connectivity index is 1.29. The van der Waals surface area contributed by atoms with Gasteiger partial charge in [-0.2, -0.15) is 0 Å². The number of alkyl halides is 1. The third-order valence-corrected chi connectivity index (χ3v) is 6.32. The summed E-state index contributed by atoms with van der Waals surface area (Å²) in [4.78, 5) is 14.3. The molecule has 0 spiro atoms. The van der Waals surface area contributed by atoms with Gasteiger partial charge in [-0.05, 0) is 49.6 Å². The predicted octanol–water partition coefficient (Wildman–Crippen LogP) is 4.49. The molecule has 2 fully saturated rings. The van der Waals surface area contributed by atoms with Crippen LogP contribution in [0.4, 0.5) is 10.1 Å². The summed E-state index contributed by atoms with van der Waals surface area (Å²) in [6.07, 6.45) is 1.98. The molecule has 1 amide bonds. The van der Waals surface area contributed by atoms with Crippen molar-refractivity contribution in [3.63, 3.8) is 0 Å². The van der Waals surface area contributed by atoms with Crippen molar-refractivity contribution in [3.05, 3.63) is 53.8 Å². The fourth-order valence-electron chi connectivity index (χ4n) is 3.50. The highest BCUT2D eigenvalue weighted by Crippen LogP contribution is 2.31. The summed E-state index contributed by atoms with van der Waals surface area (Å²) in [7, 11) is 0. The zero-order valence-electron chi connectivity index (χ0n) is 16.9. The standard InChI is InChI=1S/C23H26FIN2O3/c1-2-29-18-9-10-22(20(24)11-18)30-19-13-27(14-19)17-7-5-15(6-8-17)21(12-25)26-23(28)16-3-4-16/h5-11,16,19,21H,2-4,12-14H2,1H3,(H,26,28)/t21-/m0/s1. The normalized spacial score (nSPS) is 17.2. The lowest BCUT2D eigenvalue weighted by molar-refractivity contribution is -0.122. The van der Waals surface area contributed by atoms with Gasteiger partial charge in [-0.1, -0.05) is 34.7 Å². The van der Waals surface area contributed by atoms with E-state index in [1.165, 1.54) is 6.07 Å². The van der Waals surface area contributed by atoms with E-state index in [0.29, 0.717) is 25.4 Å². The van der Waals surface area contributed by atoms with Crippen LogP contribution in [0.5, 0.6) is 11.5 Å². The zero-order chi connectivity index (χ0) is 21.1. The van der Waals surface area contributed by atoms with E-state index < -0.39 is 5.82 Å². The van der Waals surface area contributed by atoms with Crippen LogP contribution < -0.4 is 19.7 Å². The van der Waals surface area contributed by atoms with Gasteiger partial charge in [0.1, 0.15) is 11.9 Å². The first-order valence-corrected chi connectivity index (χ1v) is 11.9. The second-order valence-electron chi connectivity index (χ2n) is 7.75. The average Bonchev–Trinajstić information content (AvgIpc) is 3.56. The molecule has 7 heteroatoms. The Morgan fingerprint density at radius 3 is 2.57 bits per heavy atom. The Hall–Kier alpha value is -2.03. The molecular weight excluding hydrogens is 498 g/mol. The number of ether oxygens (including phenoxy) is 2. The second-order valence-corrected chi connectivity index (χ2v) is 8.63. The van der Waals surface area contributed by atoms with E-state index in [9.17, 15) is 9.18 Å². The molecule has 5 nitrogen and oxygen atoms in total. The Morgan fingerprint density at radius 2 is 1.97 bits per heavy atom. The van der Waals surface area contributed by atoms with Crippen molar-refractivity contribution in [1.82, 2.24) is 5.32 Å². The van der Waals surface area contributed by atoms with E-state index in [1.807, 2.05) is 6.92 Å². The first-order chi connectivity index (χ1) is 14.6. The van der Waals surface area contributed by atoms with E-state index in [1.54, 1.807) is 12.1 Å². The molecule has 0 bridgehead atoms. The van der Waals surface area contributed by atoms with Crippen LogP contribution in [0.2, 0.25) is 0 Å². The van der Waals surface area contributed by atoms with Crippen molar-refractivity contribution in [1.29, 1.82) is 0 Å². The van der Waals surface area contributed by atoms with Crippen molar-refractivity contribution < 1.29 is 18.7 Å². The zero-order valence-corrected chi connectivity index (χ0v) is 19.1. The van der Waals surface area contributed by atoms with Crippen LogP contribution in [0.25, 0.3) is 0 Å². The van der Waals surface area contributed by atoms with Gasteiger partial charge in [0, 0.05) is 22.1 Å². The number of carbonyl (C=O) groups excluding carboxylic acids is 1. The SMILES string of the molecule is CCOc1ccc(OC2CN(c3ccc([C@H](CI)NC(=O)C4CC4)cc3)C2)c(F)c1. The lowest BCUT2D eigenvalue weighted by Crippen LogP contribution is -2.54. The molecule has 1 saturated carbocycles. The Morgan fingerprint density at radius 1 is 1.23 bits per heavy atom. The van der Waals surface area contributed by atoms with Gasteiger partial charge in [-0.15, -0.1) is 0 Å². The second kappa shape index (κ2) is 9.41. The summed E-state index contributed by atoms with van der Waals surface area (Å²) in [6, 6.07) is 13.1. The van der Waals surface area contributed by atoms with E-state index in [0.717, 1.165) is 28.5 Å². The van der Waals surface area contributed by atoms with E-state index in [-0.39, 0.29) is 29.7 Å². The third-order valence-electron chi connectivity index (χ3n) is 5.44. The number of benzene rings is 2. The van der Waals surface area contributed by atoms with Gasteiger partial charge >= 0.3 is 0 Å². The van der Waals surface area contributed by atoms with Gasteiger partial charge in [0.2, 0.25) is 5.91 Å². The Kier molecular flexibility index (Phi) is 6.65. The monoisotopic (exact) mass is 524 g/mol. The maximum Gasteiger partial charge on any atom is 0.223 e. The number of hydrogen-bond acceptors (Lipinski definition) is 4. The fourth-order valence-corrected chi connectivity index (χ4v) is 4.23. The van der Waals surface area contributed by atoms with Crippen molar-refractivity contribution in [2.24, 2.45) is 5.92 Å². The smallest absolute Gasteiger partial charge is 0.223 e. The maximum atomic E-state index is 14.2. The molecule has 0 aromatic heterocycles. The molecule has 0 radical (unpaired) electrons. The van der Waals surface area contributed by atoms with E-state index >= 15 is 0 Å². The van der Waals surface area contributed by atoms with Crippen LogP contribution in [0, 0.1) is 11.7 Å². The molecule has 1 saturated heterocycles. The van der Waals surface area contributed by atoms with Crippen molar-refractivity contribution in [2.75, 3.05) is 29.0 Å². The number of halogens is 2. The topological polar surface area (TPSA) is 50.8 Å². The Labute approximate surface area is 190 Å². The minimum absolute atomic E-state index is 0.0443. The molecule has 2 aliphatic rings. The molecule has 1 atom stereocenters. The third kappa shape index (κ3) is 4.99. The number of hydrogen-bond donors (Lipinski definition) is 1. The molecule has 4 rings (SSSR count). The lowest BCUT2D eigenvalue weighted by atomic mass is 10.1. The van der Waals surface area contributed by atoms with E-state index in [2.05, 4.69) is 57.1 Å². The summed E-state index contributed by atoms with van der Waals surface area (Å²) >= 11 is 2.31. The molecule has 2 aromatic rings. The molecule has 2 aromatic carbocycles. The minimum atomic E-state index is -0.401. The fraction of sp³-hybridized carbons (Fsp3) is 0.435. The molecule has 1 N–H and O–H groups in total. The summed E-state index contributed by atoms with van der Waals surface area (Å²) in [5, 5.41) is 3.15. The van der Waals surface area contributed by atoms with Crippen LogP contribution in [-0.4, -0.2) is 36.1 Å². The molecular formula is C23H26FIN2O3. The van der Waals surface area contributed by atoms with Gasteiger partial charge in [0.25, 0.3) is 0 Å². The van der Waals surface area contributed by atoms with Crippen molar-refractivity contribution in [3.8, 4) is 11.5 Å². The van der Waals surface area contributed by atoms with Crippen LogP contribution in [0.1, 0.15) is 31.4 Å². The predicted molar refractivity (Wildman–Crippen MR) is 123 cm³/mol. The highest BCUT2D eigenvalue weighted by molar-refractivity contribution is 14.1. The van der Waals surface area contributed by atoms with Crippen LogP contribution >= 0.6 is 22.6 Å². The average molecular weight is 524 g/mol. The van der Waals surface area contributed by atoms with Crippen LogP contribution in [-0.2, 0) is 4.79 Å². The maximum absolute atomic E-state index is 14.2. The minimum Gasteiger partial charge on any atom is -0.494 e. The summed E-state index contributed by atoms with van der Waals surface area (Å²) in [5.41, 5.74) is 2.22. The largest absolute Gasteiger partial charge is 0.494 e. The number of amides is 1. The highest BCUT2D eigenvalue weighted by Gasteiger charge is 2.32. The van der Waals surface area contributed by atoms with Crippen LogP contribution in [0.3, 0.4) is 0 Å².